The molecular weight excluding hydrogens is 218 g/mol. The summed E-state index contributed by atoms with van der Waals surface area (Å²) in [5.41, 5.74) is 0. The molecular formula is C13H19NO3. The first kappa shape index (κ1) is 13.6. The topological polar surface area (TPSA) is 57.6 Å². The summed E-state index contributed by atoms with van der Waals surface area (Å²) < 4.78 is 0. The second-order valence-corrected chi connectivity index (χ2v) is 4.70. The molecule has 1 aliphatic rings. The van der Waals surface area contributed by atoms with E-state index in [1.165, 1.54) is 4.90 Å². The van der Waals surface area contributed by atoms with E-state index < -0.39 is 17.8 Å². The Morgan fingerprint density at radius 3 is 2.47 bits per heavy atom. The van der Waals surface area contributed by atoms with Crippen LogP contribution in [0, 0.1) is 30.1 Å². The summed E-state index contributed by atoms with van der Waals surface area (Å²) in [4.78, 5) is 24.7. The van der Waals surface area contributed by atoms with Crippen LogP contribution in [0.3, 0.4) is 0 Å². The molecule has 1 unspecified atom stereocenters. The summed E-state index contributed by atoms with van der Waals surface area (Å²) >= 11 is 0. The fraction of sp³-hybridized carbons (Fsp3) is 0.692. The lowest BCUT2D eigenvalue weighted by Gasteiger charge is -2.21. The van der Waals surface area contributed by atoms with Gasteiger partial charge in [0.15, 0.2) is 0 Å². The third kappa shape index (κ3) is 3.00. The number of carboxylic acids is 1. The van der Waals surface area contributed by atoms with E-state index in [4.69, 9.17) is 11.5 Å². The molecule has 1 fully saturated rings. The molecule has 0 radical (unpaired) electrons. The van der Waals surface area contributed by atoms with Crippen LogP contribution in [0.25, 0.3) is 0 Å². The van der Waals surface area contributed by atoms with Crippen LogP contribution in [0.2, 0.25) is 0 Å². The lowest BCUT2D eigenvalue weighted by atomic mass is 9.95. The fourth-order valence-corrected chi connectivity index (χ4v) is 2.52. The van der Waals surface area contributed by atoms with Gasteiger partial charge in [-0.1, -0.05) is 19.3 Å². The normalized spacial score (nSPS) is 27.5. The zero-order valence-electron chi connectivity index (χ0n) is 10.3. The average molecular weight is 237 g/mol. The molecule has 1 saturated carbocycles. The van der Waals surface area contributed by atoms with Crippen molar-refractivity contribution < 1.29 is 14.7 Å². The molecule has 0 aromatic rings. The molecule has 0 aromatic carbocycles. The average Bonchev–Trinajstić information content (AvgIpc) is 2.72. The quantitative estimate of drug-likeness (QED) is 0.748. The van der Waals surface area contributed by atoms with E-state index in [-0.39, 0.29) is 12.5 Å². The Morgan fingerprint density at radius 1 is 1.41 bits per heavy atom. The molecule has 0 bridgehead atoms. The van der Waals surface area contributed by atoms with Gasteiger partial charge < -0.3 is 10.0 Å². The van der Waals surface area contributed by atoms with E-state index in [0.29, 0.717) is 18.8 Å². The number of hydrogen-bond acceptors (Lipinski definition) is 2. The maximum atomic E-state index is 12.1. The number of aliphatic carboxylic acids is 1. The molecule has 4 nitrogen and oxygen atoms in total. The van der Waals surface area contributed by atoms with Crippen LogP contribution in [-0.4, -0.2) is 35.5 Å². The Hall–Kier alpha value is -1.50. The molecule has 0 heterocycles. The summed E-state index contributed by atoms with van der Waals surface area (Å²) in [6, 6.07) is 0. The van der Waals surface area contributed by atoms with Gasteiger partial charge in [-0.2, -0.15) is 0 Å². The van der Waals surface area contributed by atoms with Gasteiger partial charge in [-0.05, 0) is 18.8 Å². The van der Waals surface area contributed by atoms with Crippen molar-refractivity contribution in [2.45, 2.75) is 26.2 Å². The molecule has 1 N–H and O–H groups in total. The second kappa shape index (κ2) is 5.72. The van der Waals surface area contributed by atoms with Crippen molar-refractivity contribution in [3.8, 4) is 12.3 Å². The first-order valence-electron chi connectivity index (χ1n) is 5.92. The summed E-state index contributed by atoms with van der Waals surface area (Å²) in [7, 11) is 1.63. The Balaban J connectivity index is 2.77. The summed E-state index contributed by atoms with van der Waals surface area (Å²) in [5, 5.41) is 9.15. The third-order valence-corrected chi connectivity index (χ3v) is 3.58. The number of carbonyl (C=O) groups excluding carboxylic acids is 1. The van der Waals surface area contributed by atoms with Crippen molar-refractivity contribution in [1.82, 2.24) is 4.90 Å². The van der Waals surface area contributed by atoms with Gasteiger partial charge in [0.25, 0.3) is 0 Å². The minimum Gasteiger partial charge on any atom is -0.481 e. The van der Waals surface area contributed by atoms with Crippen LogP contribution >= 0.6 is 0 Å². The lowest BCUT2D eigenvalue weighted by molar-refractivity contribution is -0.148. The first-order valence-corrected chi connectivity index (χ1v) is 5.92. The molecule has 4 heteroatoms. The molecule has 94 valence electrons. The summed E-state index contributed by atoms with van der Waals surface area (Å²) in [6.07, 6.45) is 7.35. The van der Waals surface area contributed by atoms with E-state index in [1.807, 2.05) is 6.92 Å². The van der Waals surface area contributed by atoms with Gasteiger partial charge in [-0.3, -0.25) is 9.59 Å². The highest BCUT2D eigenvalue weighted by Crippen LogP contribution is 2.39. The smallest absolute Gasteiger partial charge is 0.307 e. The van der Waals surface area contributed by atoms with Gasteiger partial charge in [-0.15, -0.1) is 6.42 Å². The molecule has 1 rings (SSSR count). The monoisotopic (exact) mass is 237 g/mol. The summed E-state index contributed by atoms with van der Waals surface area (Å²) in [5.74, 6) is 0.781. The third-order valence-electron chi connectivity index (χ3n) is 3.58. The molecule has 17 heavy (non-hydrogen) atoms. The molecule has 0 saturated heterocycles. The van der Waals surface area contributed by atoms with Gasteiger partial charge in [0, 0.05) is 7.05 Å². The number of carbonyl (C=O) groups is 2. The van der Waals surface area contributed by atoms with E-state index in [2.05, 4.69) is 5.92 Å². The standard InChI is InChI=1S/C13H19NO3/c1-4-6-14(3)12(15)10-7-9(5-2)8-11(10)13(16)17/h1,9-11H,5-8H2,2-3H3,(H,16,17)/t9?,10-,11+/m0/s1. The minimum absolute atomic E-state index is 0.133. The van der Waals surface area contributed by atoms with Crippen molar-refractivity contribution in [3.05, 3.63) is 0 Å². The summed E-state index contributed by atoms with van der Waals surface area (Å²) in [6.45, 7) is 2.26. The Morgan fingerprint density at radius 2 is 2.00 bits per heavy atom. The van der Waals surface area contributed by atoms with Crippen molar-refractivity contribution in [2.75, 3.05) is 13.6 Å². The fourth-order valence-electron chi connectivity index (χ4n) is 2.52. The van der Waals surface area contributed by atoms with Gasteiger partial charge >= 0.3 is 5.97 Å². The van der Waals surface area contributed by atoms with E-state index >= 15 is 0 Å². The first-order chi connectivity index (χ1) is 8.01. The second-order valence-electron chi connectivity index (χ2n) is 4.70. The highest BCUT2D eigenvalue weighted by atomic mass is 16.4. The van der Waals surface area contributed by atoms with E-state index in [1.54, 1.807) is 7.05 Å². The van der Waals surface area contributed by atoms with Gasteiger partial charge in [0.2, 0.25) is 5.91 Å². The zero-order chi connectivity index (χ0) is 13.0. The maximum Gasteiger partial charge on any atom is 0.307 e. The van der Waals surface area contributed by atoms with Gasteiger partial charge in [0.05, 0.1) is 18.4 Å². The molecule has 1 amide bonds. The Bertz CT molecular complexity index is 345. The van der Waals surface area contributed by atoms with Crippen molar-refractivity contribution in [1.29, 1.82) is 0 Å². The Kier molecular flexibility index (Phi) is 4.56. The predicted molar refractivity (Wildman–Crippen MR) is 64.1 cm³/mol. The van der Waals surface area contributed by atoms with Crippen LogP contribution in [0.4, 0.5) is 0 Å². The molecule has 0 spiro atoms. The molecule has 3 atom stereocenters. The van der Waals surface area contributed by atoms with Crippen LogP contribution < -0.4 is 0 Å². The number of hydrogen-bond donors (Lipinski definition) is 1. The van der Waals surface area contributed by atoms with Crippen molar-refractivity contribution in [3.63, 3.8) is 0 Å². The lowest BCUT2D eigenvalue weighted by Crippen LogP contribution is -2.37. The minimum atomic E-state index is -0.867. The highest BCUT2D eigenvalue weighted by Gasteiger charge is 2.42. The molecule has 0 aliphatic heterocycles. The number of amides is 1. The maximum absolute atomic E-state index is 12.1. The zero-order valence-corrected chi connectivity index (χ0v) is 10.3. The number of carboxylic acid groups (broad SMARTS) is 1. The van der Waals surface area contributed by atoms with Crippen LogP contribution in [-0.2, 0) is 9.59 Å². The van der Waals surface area contributed by atoms with Gasteiger partial charge in [0.1, 0.15) is 0 Å². The van der Waals surface area contributed by atoms with Crippen LogP contribution in [0.5, 0.6) is 0 Å². The SMILES string of the molecule is C#CCN(C)C(=O)[C@H]1CC(CC)C[C@H]1C(=O)O. The highest BCUT2D eigenvalue weighted by molar-refractivity contribution is 5.85. The van der Waals surface area contributed by atoms with E-state index in [9.17, 15) is 9.59 Å². The van der Waals surface area contributed by atoms with Crippen LogP contribution in [0.1, 0.15) is 26.2 Å². The largest absolute Gasteiger partial charge is 0.481 e. The Labute approximate surface area is 102 Å². The number of nitrogens with zero attached hydrogens (tertiary/aromatic N) is 1. The molecule has 0 aromatic heterocycles. The predicted octanol–water partition coefficient (Wildman–Crippen LogP) is 1.21. The number of terminal acetylenes is 1. The van der Waals surface area contributed by atoms with Gasteiger partial charge in [-0.25, -0.2) is 0 Å². The van der Waals surface area contributed by atoms with Crippen molar-refractivity contribution >= 4 is 11.9 Å². The molecule has 1 aliphatic carbocycles. The number of rotatable bonds is 4. The van der Waals surface area contributed by atoms with Crippen molar-refractivity contribution in [2.24, 2.45) is 17.8 Å². The van der Waals surface area contributed by atoms with Crippen LogP contribution in [0.15, 0.2) is 0 Å². The van der Waals surface area contributed by atoms with E-state index in [0.717, 1.165) is 6.42 Å².